The van der Waals surface area contributed by atoms with Gasteiger partial charge in [-0.3, -0.25) is 19.0 Å². The SMILES string of the molecule is CC.Cc1cc(CCN[C@@H](C)C(=O)OC(C)(C)C)cc(F)c1-n1c(N(C)S)c(C(=O)c2ccc(F)cc2F)ccc1=O. The number of anilines is 1. The summed E-state index contributed by atoms with van der Waals surface area (Å²) in [5.41, 5.74) is -0.905. The van der Waals surface area contributed by atoms with Crippen molar-refractivity contribution in [2.75, 3.05) is 17.9 Å². The molecule has 0 aliphatic carbocycles. The van der Waals surface area contributed by atoms with Crippen LogP contribution in [-0.2, 0) is 16.0 Å². The van der Waals surface area contributed by atoms with Crippen molar-refractivity contribution in [3.63, 3.8) is 0 Å². The Labute approximate surface area is 250 Å². The van der Waals surface area contributed by atoms with E-state index in [9.17, 15) is 23.2 Å². The highest BCUT2D eigenvalue weighted by Gasteiger charge is 2.25. The first-order chi connectivity index (χ1) is 19.6. The van der Waals surface area contributed by atoms with Crippen LogP contribution in [-0.4, -0.2) is 41.6 Å². The van der Waals surface area contributed by atoms with Gasteiger partial charge in [-0.05, 0) is 83.0 Å². The molecule has 0 radical (unpaired) electrons. The number of rotatable bonds is 9. The average Bonchev–Trinajstić information content (AvgIpc) is 2.88. The molecule has 0 saturated carbocycles. The number of aryl methyl sites for hydroxylation is 1. The van der Waals surface area contributed by atoms with Crippen molar-refractivity contribution in [2.45, 2.75) is 66.5 Å². The highest BCUT2D eigenvalue weighted by Crippen LogP contribution is 2.29. The number of hydrogen-bond donors (Lipinski definition) is 2. The quantitative estimate of drug-likeness (QED) is 0.178. The number of benzene rings is 2. The molecule has 0 aliphatic rings. The number of carbonyl (C=O) groups is 2. The van der Waals surface area contributed by atoms with Crippen molar-refractivity contribution >= 4 is 30.4 Å². The fraction of sp³-hybridized carbons (Fsp3) is 0.387. The van der Waals surface area contributed by atoms with Gasteiger partial charge in [0.25, 0.3) is 5.56 Å². The standard InChI is InChI=1S/C29H32F3N3O4S.C2H6/c1-16-13-18(11-12-33-17(2)28(38)39-29(3,4)5)14-23(32)25(16)35-24(36)10-9-21(27(35)34(6)40)26(37)20-8-7-19(30)15-22(20)31;1-2/h7-10,13-15,17,33,40H,11-12H2,1-6H3;1-2H3/t17-;/m0./s1. The number of esters is 1. The molecule has 0 amide bonds. The van der Waals surface area contributed by atoms with Gasteiger partial charge in [-0.1, -0.05) is 32.7 Å². The van der Waals surface area contributed by atoms with Crippen LogP contribution >= 0.6 is 12.8 Å². The summed E-state index contributed by atoms with van der Waals surface area (Å²) >= 11 is 4.27. The molecule has 42 heavy (non-hydrogen) atoms. The molecule has 0 fully saturated rings. The maximum atomic E-state index is 15.6. The molecule has 1 N–H and O–H groups in total. The predicted molar refractivity (Wildman–Crippen MR) is 162 cm³/mol. The molecular formula is C31H38F3N3O4S. The van der Waals surface area contributed by atoms with Crippen LogP contribution in [0.25, 0.3) is 5.69 Å². The van der Waals surface area contributed by atoms with Crippen LogP contribution in [0.2, 0.25) is 0 Å². The number of hydrogen-bond acceptors (Lipinski definition) is 7. The number of ketones is 1. The van der Waals surface area contributed by atoms with E-state index in [-0.39, 0.29) is 17.1 Å². The monoisotopic (exact) mass is 605 g/mol. The zero-order chi connectivity index (χ0) is 31.9. The summed E-state index contributed by atoms with van der Waals surface area (Å²) in [7, 11) is 1.44. The van der Waals surface area contributed by atoms with Gasteiger partial charge in [0.05, 0.1) is 16.8 Å². The first-order valence-corrected chi connectivity index (χ1v) is 13.9. The number of nitrogens with zero attached hydrogens (tertiary/aromatic N) is 2. The number of pyridine rings is 1. The summed E-state index contributed by atoms with van der Waals surface area (Å²) < 4.78 is 50.9. The van der Waals surface area contributed by atoms with E-state index in [1.165, 1.54) is 19.2 Å². The van der Waals surface area contributed by atoms with Crippen LogP contribution in [0.15, 0.2) is 47.3 Å². The Morgan fingerprint density at radius 3 is 2.19 bits per heavy atom. The van der Waals surface area contributed by atoms with Gasteiger partial charge in [0.15, 0.2) is 5.78 Å². The highest BCUT2D eigenvalue weighted by atomic mass is 32.1. The van der Waals surface area contributed by atoms with Crippen LogP contribution in [0.1, 0.15) is 68.6 Å². The second kappa shape index (κ2) is 14.6. The minimum absolute atomic E-state index is 0.0906. The summed E-state index contributed by atoms with van der Waals surface area (Å²) in [5, 5.41) is 3.05. The van der Waals surface area contributed by atoms with Gasteiger partial charge in [0.1, 0.15) is 34.9 Å². The van der Waals surface area contributed by atoms with Crippen molar-refractivity contribution in [2.24, 2.45) is 0 Å². The molecule has 0 saturated heterocycles. The lowest BCUT2D eigenvalue weighted by atomic mass is 10.0. The Bertz CT molecular complexity index is 1480. The van der Waals surface area contributed by atoms with Gasteiger partial charge in [0, 0.05) is 19.2 Å². The van der Waals surface area contributed by atoms with Gasteiger partial charge >= 0.3 is 5.97 Å². The molecule has 11 heteroatoms. The number of thiol groups is 1. The first-order valence-electron chi connectivity index (χ1n) is 13.5. The third kappa shape index (κ3) is 8.48. The molecule has 0 bridgehead atoms. The molecule has 228 valence electrons. The topological polar surface area (TPSA) is 80.6 Å². The Morgan fingerprint density at radius 2 is 1.64 bits per heavy atom. The zero-order valence-electron chi connectivity index (χ0n) is 25.1. The number of ether oxygens (including phenoxy) is 1. The second-order valence-electron chi connectivity index (χ2n) is 10.4. The number of carbonyl (C=O) groups excluding carboxylic acids is 2. The summed E-state index contributed by atoms with van der Waals surface area (Å²) in [4.78, 5) is 38.4. The van der Waals surface area contributed by atoms with E-state index < -0.39 is 52.0 Å². The van der Waals surface area contributed by atoms with Crippen molar-refractivity contribution in [1.29, 1.82) is 0 Å². The molecule has 3 aromatic rings. The van der Waals surface area contributed by atoms with Crippen molar-refractivity contribution < 1.29 is 27.5 Å². The lowest BCUT2D eigenvalue weighted by molar-refractivity contribution is -0.156. The van der Waals surface area contributed by atoms with E-state index >= 15 is 4.39 Å². The molecule has 1 aromatic heterocycles. The van der Waals surface area contributed by atoms with Gasteiger partial charge in [0.2, 0.25) is 0 Å². The lowest BCUT2D eigenvalue weighted by Gasteiger charge is -2.23. The van der Waals surface area contributed by atoms with Crippen LogP contribution in [0, 0.1) is 24.4 Å². The van der Waals surface area contributed by atoms with E-state index in [4.69, 9.17) is 4.74 Å². The van der Waals surface area contributed by atoms with Gasteiger partial charge < -0.3 is 14.4 Å². The maximum absolute atomic E-state index is 15.6. The van der Waals surface area contributed by atoms with Crippen molar-refractivity contribution in [3.05, 3.63) is 92.5 Å². The van der Waals surface area contributed by atoms with Crippen LogP contribution in [0.5, 0.6) is 0 Å². The third-order valence-electron chi connectivity index (χ3n) is 5.95. The minimum atomic E-state index is -1.07. The zero-order valence-corrected chi connectivity index (χ0v) is 26.0. The Kier molecular flexibility index (Phi) is 12.0. The maximum Gasteiger partial charge on any atom is 0.323 e. The van der Waals surface area contributed by atoms with Gasteiger partial charge in [-0.2, -0.15) is 0 Å². The molecule has 7 nitrogen and oxygen atoms in total. The van der Waals surface area contributed by atoms with Crippen LogP contribution < -0.4 is 15.2 Å². The largest absolute Gasteiger partial charge is 0.459 e. The molecule has 0 aliphatic heterocycles. The Balaban J connectivity index is 0.00000301. The lowest BCUT2D eigenvalue weighted by Crippen LogP contribution is -2.40. The summed E-state index contributed by atoms with van der Waals surface area (Å²) in [6, 6.07) is 7.20. The molecule has 3 rings (SSSR count). The van der Waals surface area contributed by atoms with E-state index in [2.05, 4.69) is 18.1 Å². The summed E-state index contributed by atoms with van der Waals surface area (Å²) in [6.45, 7) is 13.0. The smallest absolute Gasteiger partial charge is 0.323 e. The highest BCUT2D eigenvalue weighted by molar-refractivity contribution is 7.81. The van der Waals surface area contributed by atoms with Crippen LogP contribution in [0.4, 0.5) is 19.0 Å². The van der Waals surface area contributed by atoms with Gasteiger partial charge in [-0.25, -0.2) is 13.2 Å². The van der Waals surface area contributed by atoms with E-state index in [1.807, 2.05) is 13.8 Å². The summed E-state index contributed by atoms with van der Waals surface area (Å²) in [5.74, 6) is -3.97. The fourth-order valence-electron chi connectivity index (χ4n) is 4.20. The molecule has 2 aromatic carbocycles. The minimum Gasteiger partial charge on any atom is -0.459 e. The van der Waals surface area contributed by atoms with E-state index in [0.29, 0.717) is 30.2 Å². The Hall–Kier alpha value is -3.57. The number of nitrogens with one attached hydrogen (secondary N) is 1. The number of aromatic nitrogens is 1. The average molecular weight is 606 g/mol. The molecule has 1 atom stereocenters. The third-order valence-corrected chi connectivity index (χ3v) is 6.14. The normalized spacial score (nSPS) is 11.8. The molecule has 0 spiro atoms. The van der Waals surface area contributed by atoms with Crippen LogP contribution in [0.3, 0.4) is 0 Å². The number of halogens is 3. The van der Waals surface area contributed by atoms with Gasteiger partial charge in [-0.15, -0.1) is 0 Å². The second-order valence-corrected chi connectivity index (χ2v) is 11.0. The first kappa shape index (κ1) is 34.6. The van der Waals surface area contributed by atoms with Crippen molar-refractivity contribution in [3.8, 4) is 5.69 Å². The fourth-order valence-corrected chi connectivity index (χ4v) is 4.40. The van der Waals surface area contributed by atoms with E-state index in [1.54, 1.807) is 40.7 Å². The summed E-state index contributed by atoms with van der Waals surface area (Å²) in [6.07, 6.45) is 0.377. The molecule has 1 heterocycles. The molecular weight excluding hydrogens is 567 g/mol. The predicted octanol–water partition coefficient (Wildman–Crippen LogP) is 5.96. The van der Waals surface area contributed by atoms with Crippen molar-refractivity contribution in [1.82, 2.24) is 9.88 Å². The van der Waals surface area contributed by atoms with E-state index in [0.717, 1.165) is 27.1 Å². The molecule has 0 unspecified atom stereocenters. The Morgan fingerprint density at radius 1 is 1.02 bits per heavy atom.